The standard InChI is InChI=1S/C21H16IN/c1-21(2)17-9-5-3-7-13(17)15-11-16-14-8-4-6-10-19(14)23(22)20(16)12-18(15)21/h3-12H,1-2H3. The first-order valence-electron chi connectivity index (χ1n) is 7.93. The lowest BCUT2D eigenvalue weighted by Gasteiger charge is -2.21. The minimum Gasteiger partial charge on any atom is -0.282 e. The second-order valence-corrected chi connectivity index (χ2v) is 7.85. The van der Waals surface area contributed by atoms with Crippen molar-refractivity contribution in [2.24, 2.45) is 0 Å². The largest absolute Gasteiger partial charge is 0.282 e. The molecule has 112 valence electrons. The van der Waals surface area contributed by atoms with E-state index < -0.39 is 0 Å². The van der Waals surface area contributed by atoms with E-state index in [4.69, 9.17) is 0 Å². The number of fused-ring (bicyclic) bond motifs is 6. The number of hydrogen-bond donors (Lipinski definition) is 0. The normalized spacial score (nSPS) is 15.1. The van der Waals surface area contributed by atoms with Gasteiger partial charge in [-0.15, -0.1) is 0 Å². The smallest absolute Gasteiger partial charge is 0.0646 e. The Kier molecular flexibility index (Phi) is 2.59. The summed E-state index contributed by atoms with van der Waals surface area (Å²) in [7, 11) is 0. The molecule has 1 heterocycles. The van der Waals surface area contributed by atoms with Crippen molar-refractivity contribution in [1.29, 1.82) is 0 Å². The molecule has 1 aliphatic rings. The summed E-state index contributed by atoms with van der Waals surface area (Å²) in [5, 5.41) is 2.68. The van der Waals surface area contributed by atoms with Crippen LogP contribution in [0.4, 0.5) is 0 Å². The Labute approximate surface area is 149 Å². The van der Waals surface area contributed by atoms with Gasteiger partial charge in [0, 0.05) is 16.2 Å². The van der Waals surface area contributed by atoms with E-state index in [0.717, 1.165) is 0 Å². The van der Waals surface area contributed by atoms with Gasteiger partial charge in [0.2, 0.25) is 0 Å². The highest BCUT2D eigenvalue weighted by Gasteiger charge is 2.35. The SMILES string of the molecule is CC1(C)c2ccccc2-c2cc3c4ccccc4n(I)c3cc21. The average molecular weight is 409 g/mol. The molecular formula is C21H16IN. The highest BCUT2D eigenvalue weighted by Crippen LogP contribution is 2.50. The van der Waals surface area contributed by atoms with E-state index in [1.165, 1.54) is 44.1 Å². The molecule has 0 bridgehead atoms. The predicted octanol–water partition coefficient (Wildman–Crippen LogP) is 6.30. The third-order valence-electron chi connectivity index (χ3n) is 5.32. The van der Waals surface area contributed by atoms with Gasteiger partial charge in [-0.2, -0.15) is 0 Å². The van der Waals surface area contributed by atoms with Gasteiger partial charge in [0.1, 0.15) is 0 Å². The molecule has 0 fully saturated rings. The summed E-state index contributed by atoms with van der Waals surface area (Å²) in [4.78, 5) is 0. The Morgan fingerprint density at radius 3 is 2.35 bits per heavy atom. The Bertz CT molecular complexity index is 1100. The second-order valence-electron chi connectivity index (χ2n) is 6.88. The van der Waals surface area contributed by atoms with E-state index in [2.05, 4.69) is 100 Å². The van der Waals surface area contributed by atoms with Crippen LogP contribution in [0, 0.1) is 0 Å². The zero-order valence-corrected chi connectivity index (χ0v) is 15.3. The van der Waals surface area contributed by atoms with Gasteiger partial charge in [-0.25, -0.2) is 0 Å². The lowest BCUT2D eigenvalue weighted by molar-refractivity contribution is 0.661. The van der Waals surface area contributed by atoms with Crippen LogP contribution in [0.2, 0.25) is 0 Å². The second kappa shape index (κ2) is 4.38. The molecule has 0 atom stereocenters. The van der Waals surface area contributed by atoms with Crippen LogP contribution in [0.5, 0.6) is 0 Å². The van der Waals surface area contributed by atoms with Gasteiger partial charge in [0.05, 0.1) is 33.9 Å². The van der Waals surface area contributed by atoms with Gasteiger partial charge < -0.3 is 0 Å². The van der Waals surface area contributed by atoms with Crippen molar-refractivity contribution in [1.82, 2.24) is 2.78 Å². The summed E-state index contributed by atoms with van der Waals surface area (Å²) in [6.45, 7) is 4.67. The van der Waals surface area contributed by atoms with Gasteiger partial charge in [-0.3, -0.25) is 2.78 Å². The molecule has 0 spiro atoms. The molecule has 5 rings (SSSR count). The number of halogens is 1. The Morgan fingerprint density at radius 2 is 1.48 bits per heavy atom. The van der Waals surface area contributed by atoms with Crippen LogP contribution in [-0.2, 0) is 5.41 Å². The summed E-state index contributed by atoms with van der Waals surface area (Å²) < 4.78 is 2.29. The van der Waals surface area contributed by atoms with Gasteiger partial charge in [0.15, 0.2) is 0 Å². The van der Waals surface area contributed by atoms with Crippen LogP contribution >= 0.6 is 22.9 Å². The highest BCUT2D eigenvalue weighted by molar-refractivity contribution is 14.1. The number of benzene rings is 3. The molecule has 0 unspecified atom stereocenters. The van der Waals surface area contributed by atoms with Crippen molar-refractivity contribution in [2.45, 2.75) is 19.3 Å². The summed E-state index contributed by atoms with van der Waals surface area (Å²) in [5.74, 6) is 0. The van der Waals surface area contributed by atoms with Crippen molar-refractivity contribution in [3.05, 3.63) is 71.8 Å². The molecule has 0 aliphatic heterocycles. The zero-order chi connectivity index (χ0) is 15.8. The summed E-state index contributed by atoms with van der Waals surface area (Å²) in [6, 6.07) is 22.3. The fraction of sp³-hybridized carbons (Fsp3) is 0.143. The maximum atomic E-state index is 2.43. The van der Waals surface area contributed by atoms with E-state index in [0.29, 0.717) is 0 Å². The Morgan fingerprint density at radius 1 is 0.739 bits per heavy atom. The summed E-state index contributed by atoms with van der Waals surface area (Å²) in [5.41, 5.74) is 8.32. The number of hydrogen-bond acceptors (Lipinski definition) is 0. The van der Waals surface area contributed by atoms with Crippen molar-refractivity contribution in [3.63, 3.8) is 0 Å². The monoisotopic (exact) mass is 409 g/mol. The van der Waals surface area contributed by atoms with Crippen LogP contribution in [-0.4, -0.2) is 2.78 Å². The molecule has 4 aromatic rings. The lowest BCUT2D eigenvalue weighted by Crippen LogP contribution is -2.14. The van der Waals surface area contributed by atoms with Crippen LogP contribution < -0.4 is 0 Å². The first kappa shape index (κ1) is 13.6. The number of para-hydroxylation sites is 1. The topological polar surface area (TPSA) is 4.93 Å². The number of aromatic nitrogens is 1. The molecule has 2 heteroatoms. The maximum absolute atomic E-state index is 2.43. The Hall–Kier alpha value is -1.81. The van der Waals surface area contributed by atoms with Crippen molar-refractivity contribution < 1.29 is 0 Å². The fourth-order valence-corrected chi connectivity index (χ4v) is 4.94. The van der Waals surface area contributed by atoms with Crippen LogP contribution in [0.25, 0.3) is 32.9 Å². The third-order valence-corrected chi connectivity index (χ3v) is 6.36. The minimum absolute atomic E-state index is 0.0627. The van der Waals surface area contributed by atoms with E-state index >= 15 is 0 Å². The minimum atomic E-state index is 0.0627. The molecule has 0 saturated heterocycles. The summed E-state index contributed by atoms with van der Waals surface area (Å²) >= 11 is 2.43. The van der Waals surface area contributed by atoms with Crippen LogP contribution in [0.1, 0.15) is 25.0 Å². The average Bonchev–Trinajstić information content (AvgIpc) is 2.98. The molecular weight excluding hydrogens is 393 g/mol. The summed E-state index contributed by atoms with van der Waals surface area (Å²) in [6.07, 6.45) is 0. The van der Waals surface area contributed by atoms with Gasteiger partial charge in [-0.05, 0) is 40.5 Å². The number of nitrogens with zero attached hydrogens (tertiary/aromatic N) is 1. The molecule has 0 N–H and O–H groups in total. The van der Waals surface area contributed by atoms with Gasteiger partial charge >= 0.3 is 0 Å². The van der Waals surface area contributed by atoms with Gasteiger partial charge in [-0.1, -0.05) is 56.3 Å². The highest BCUT2D eigenvalue weighted by atomic mass is 127. The lowest BCUT2D eigenvalue weighted by atomic mass is 9.82. The van der Waals surface area contributed by atoms with E-state index in [1.54, 1.807) is 0 Å². The van der Waals surface area contributed by atoms with Crippen molar-refractivity contribution in [2.75, 3.05) is 0 Å². The van der Waals surface area contributed by atoms with Crippen molar-refractivity contribution in [3.8, 4) is 11.1 Å². The molecule has 0 saturated carbocycles. The van der Waals surface area contributed by atoms with E-state index in [-0.39, 0.29) is 5.41 Å². The molecule has 1 aromatic heterocycles. The molecule has 0 radical (unpaired) electrons. The molecule has 1 nitrogen and oxygen atoms in total. The van der Waals surface area contributed by atoms with Gasteiger partial charge in [0.25, 0.3) is 0 Å². The zero-order valence-electron chi connectivity index (χ0n) is 13.1. The first-order valence-corrected chi connectivity index (χ1v) is 8.89. The predicted molar refractivity (Wildman–Crippen MR) is 106 cm³/mol. The van der Waals surface area contributed by atoms with Crippen molar-refractivity contribution >= 4 is 44.7 Å². The van der Waals surface area contributed by atoms with E-state index in [1.807, 2.05) is 0 Å². The first-order chi connectivity index (χ1) is 11.1. The molecule has 23 heavy (non-hydrogen) atoms. The van der Waals surface area contributed by atoms with Crippen LogP contribution in [0.3, 0.4) is 0 Å². The van der Waals surface area contributed by atoms with E-state index in [9.17, 15) is 0 Å². The van der Waals surface area contributed by atoms with Crippen LogP contribution in [0.15, 0.2) is 60.7 Å². The third kappa shape index (κ3) is 1.62. The quantitative estimate of drug-likeness (QED) is 0.301. The molecule has 1 aliphatic carbocycles. The molecule has 3 aromatic carbocycles. The maximum Gasteiger partial charge on any atom is 0.0646 e. The fourth-order valence-electron chi connectivity index (χ4n) is 4.12. The number of rotatable bonds is 0. The molecule has 0 amide bonds. The Balaban J connectivity index is 1.98.